The van der Waals surface area contributed by atoms with Crippen LogP contribution in [0.4, 0.5) is 14.5 Å². The number of likely N-dealkylation sites (N-methyl/N-ethyl adjacent to an activating group) is 1. The van der Waals surface area contributed by atoms with Gasteiger partial charge in [0.2, 0.25) is 11.8 Å². The molecule has 2 aliphatic heterocycles. The van der Waals surface area contributed by atoms with Gasteiger partial charge in [-0.25, -0.2) is 0 Å². The van der Waals surface area contributed by atoms with E-state index in [1.807, 2.05) is 0 Å². The van der Waals surface area contributed by atoms with Gasteiger partial charge in [-0.1, -0.05) is 23.7 Å². The van der Waals surface area contributed by atoms with Gasteiger partial charge < -0.3 is 9.80 Å². The Bertz CT molecular complexity index is 1140. The van der Waals surface area contributed by atoms with Crippen LogP contribution < -0.4 is 10.2 Å². The molecule has 1 unspecified atom stereocenters. The van der Waals surface area contributed by atoms with E-state index in [4.69, 9.17) is 11.6 Å². The predicted molar refractivity (Wildman–Crippen MR) is 111 cm³/mol. The van der Waals surface area contributed by atoms with Crippen LogP contribution in [0.3, 0.4) is 0 Å². The number of hydrogen-bond acceptors (Lipinski definition) is 4. The van der Waals surface area contributed by atoms with Crippen molar-refractivity contribution in [3.05, 3.63) is 64.2 Å². The lowest BCUT2D eigenvalue weighted by Crippen LogP contribution is -2.52. The van der Waals surface area contributed by atoms with Crippen LogP contribution in [-0.2, 0) is 26.9 Å². The van der Waals surface area contributed by atoms with Gasteiger partial charge in [-0.05, 0) is 42.3 Å². The van der Waals surface area contributed by atoms with Gasteiger partial charge >= 0.3 is 11.8 Å². The van der Waals surface area contributed by atoms with Gasteiger partial charge in [0, 0.05) is 41.9 Å². The van der Waals surface area contributed by atoms with Gasteiger partial charge in [0.1, 0.15) is 6.04 Å². The number of halogens is 3. The molecule has 2 aromatic rings. The molecule has 1 fully saturated rings. The number of nitrogens with one attached hydrogen (secondary N) is 1. The standard InChI is InChI=1S/C22H18ClF2N3O4/c1-27(21(32)22(24,25)13-2-4-14(23)5-3-13)15-6-7-16-12(10-15)11-28(20(16)31)17-8-9-18(29)26-19(17)30/h2-7,10,17H,8-9,11H2,1H3,(H,26,29,30). The van der Waals surface area contributed by atoms with E-state index in [1.54, 1.807) is 0 Å². The van der Waals surface area contributed by atoms with Gasteiger partial charge in [0.05, 0.1) is 0 Å². The van der Waals surface area contributed by atoms with Crippen molar-refractivity contribution in [3.8, 4) is 0 Å². The van der Waals surface area contributed by atoms with Crippen molar-refractivity contribution in [2.75, 3.05) is 11.9 Å². The van der Waals surface area contributed by atoms with E-state index in [0.717, 1.165) is 17.0 Å². The quantitative estimate of drug-likeness (QED) is 0.709. The number of benzene rings is 2. The van der Waals surface area contributed by atoms with Crippen molar-refractivity contribution in [2.45, 2.75) is 31.4 Å². The first-order valence-corrected chi connectivity index (χ1v) is 10.2. The second-order valence-electron chi connectivity index (χ2n) is 7.69. The third-order valence-electron chi connectivity index (χ3n) is 5.67. The van der Waals surface area contributed by atoms with Crippen LogP contribution in [0.1, 0.15) is 34.3 Å². The number of carbonyl (C=O) groups excluding carboxylic acids is 4. The monoisotopic (exact) mass is 461 g/mol. The Hall–Kier alpha value is -3.33. The SMILES string of the molecule is CN(C(=O)C(F)(F)c1ccc(Cl)cc1)c1ccc2c(c1)CN(C1CCC(=O)NC1=O)C2=O. The number of anilines is 1. The molecule has 32 heavy (non-hydrogen) atoms. The molecule has 10 heteroatoms. The van der Waals surface area contributed by atoms with E-state index in [-0.39, 0.29) is 41.9 Å². The molecular weight excluding hydrogens is 444 g/mol. The predicted octanol–water partition coefficient (Wildman–Crippen LogP) is 2.86. The molecule has 0 aromatic heterocycles. The molecule has 1 N–H and O–H groups in total. The number of carbonyl (C=O) groups is 4. The molecule has 2 aromatic carbocycles. The highest BCUT2D eigenvalue weighted by molar-refractivity contribution is 6.30. The Morgan fingerprint density at radius 2 is 1.84 bits per heavy atom. The lowest BCUT2D eigenvalue weighted by Gasteiger charge is -2.29. The normalized spacial score (nSPS) is 18.4. The summed E-state index contributed by atoms with van der Waals surface area (Å²) in [6.45, 7) is 0.0733. The summed E-state index contributed by atoms with van der Waals surface area (Å²) >= 11 is 5.74. The summed E-state index contributed by atoms with van der Waals surface area (Å²) in [4.78, 5) is 51.0. The summed E-state index contributed by atoms with van der Waals surface area (Å²) in [7, 11) is 1.22. The van der Waals surface area contributed by atoms with Gasteiger partial charge in [0.25, 0.3) is 5.91 Å². The molecule has 2 heterocycles. The molecule has 1 atom stereocenters. The average Bonchev–Trinajstić information content (AvgIpc) is 3.08. The van der Waals surface area contributed by atoms with Gasteiger partial charge in [-0.15, -0.1) is 0 Å². The zero-order valence-corrected chi connectivity index (χ0v) is 17.7. The van der Waals surface area contributed by atoms with Crippen LogP contribution in [0, 0.1) is 0 Å². The number of hydrogen-bond donors (Lipinski definition) is 1. The molecule has 4 amide bonds. The Balaban J connectivity index is 1.56. The molecule has 1 saturated heterocycles. The fraction of sp³-hybridized carbons (Fsp3) is 0.273. The topological polar surface area (TPSA) is 86.8 Å². The molecule has 7 nitrogen and oxygen atoms in total. The van der Waals surface area contributed by atoms with Crippen molar-refractivity contribution in [3.63, 3.8) is 0 Å². The Kier molecular flexibility index (Phi) is 5.46. The average molecular weight is 462 g/mol. The molecule has 0 radical (unpaired) electrons. The lowest BCUT2D eigenvalue weighted by molar-refractivity contribution is -0.143. The first-order chi connectivity index (χ1) is 15.1. The van der Waals surface area contributed by atoms with Crippen LogP contribution in [0.25, 0.3) is 0 Å². The van der Waals surface area contributed by atoms with Gasteiger partial charge in [-0.3, -0.25) is 24.5 Å². The third-order valence-corrected chi connectivity index (χ3v) is 5.93. The fourth-order valence-electron chi connectivity index (χ4n) is 3.88. The van der Waals surface area contributed by atoms with Crippen molar-refractivity contribution < 1.29 is 28.0 Å². The minimum atomic E-state index is -3.78. The van der Waals surface area contributed by atoms with Crippen LogP contribution in [0.5, 0.6) is 0 Å². The number of alkyl halides is 2. The minimum absolute atomic E-state index is 0.0733. The highest BCUT2D eigenvalue weighted by Crippen LogP contribution is 2.34. The van der Waals surface area contributed by atoms with Crippen molar-refractivity contribution >= 4 is 40.9 Å². The summed E-state index contributed by atoms with van der Waals surface area (Å²) in [5, 5.41) is 2.49. The molecule has 0 saturated carbocycles. The zero-order valence-electron chi connectivity index (χ0n) is 16.9. The van der Waals surface area contributed by atoms with E-state index in [9.17, 15) is 28.0 Å². The Morgan fingerprint density at radius 1 is 1.16 bits per heavy atom. The summed E-state index contributed by atoms with van der Waals surface area (Å²) in [6, 6.07) is 8.29. The first-order valence-electron chi connectivity index (χ1n) is 9.79. The maximum absolute atomic E-state index is 14.8. The molecule has 0 spiro atoms. The van der Waals surface area contributed by atoms with Crippen LogP contribution >= 0.6 is 11.6 Å². The highest BCUT2D eigenvalue weighted by atomic mass is 35.5. The van der Waals surface area contributed by atoms with E-state index in [2.05, 4.69) is 5.32 Å². The molecule has 2 aliphatic rings. The fourth-order valence-corrected chi connectivity index (χ4v) is 4.01. The lowest BCUT2D eigenvalue weighted by atomic mass is 10.0. The van der Waals surface area contributed by atoms with E-state index in [1.165, 1.54) is 42.3 Å². The molecule has 0 aliphatic carbocycles. The minimum Gasteiger partial charge on any atom is -0.322 e. The Labute approximate surface area is 186 Å². The number of fused-ring (bicyclic) bond motifs is 1. The number of piperidine rings is 1. The molecular formula is C22H18ClF2N3O4. The number of nitrogens with zero attached hydrogens (tertiary/aromatic N) is 2. The van der Waals surface area contributed by atoms with E-state index >= 15 is 0 Å². The maximum atomic E-state index is 14.8. The van der Waals surface area contributed by atoms with Crippen LogP contribution in [0.2, 0.25) is 5.02 Å². The summed E-state index contributed by atoms with van der Waals surface area (Å²) in [6.07, 6.45) is 0.335. The Morgan fingerprint density at radius 3 is 2.50 bits per heavy atom. The second-order valence-corrected chi connectivity index (χ2v) is 8.12. The third kappa shape index (κ3) is 3.73. The van der Waals surface area contributed by atoms with Crippen molar-refractivity contribution in [1.29, 1.82) is 0 Å². The largest absolute Gasteiger partial charge is 0.350 e. The zero-order chi connectivity index (χ0) is 23.2. The van der Waals surface area contributed by atoms with Crippen molar-refractivity contribution in [1.82, 2.24) is 10.2 Å². The van der Waals surface area contributed by atoms with Crippen LogP contribution in [-0.4, -0.2) is 41.6 Å². The maximum Gasteiger partial charge on any atom is 0.350 e. The van der Waals surface area contributed by atoms with Crippen LogP contribution in [0.15, 0.2) is 42.5 Å². The number of imide groups is 1. The van der Waals surface area contributed by atoms with Gasteiger partial charge in [-0.2, -0.15) is 8.78 Å². The summed E-state index contributed by atoms with van der Waals surface area (Å²) < 4.78 is 29.5. The van der Waals surface area contributed by atoms with E-state index in [0.29, 0.717) is 11.1 Å². The number of amides is 4. The van der Waals surface area contributed by atoms with Gasteiger partial charge in [0.15, 0.2) is 0 Å². The summed E-state index contributed by atoms with van der Waals surface area (Å²) in [5.74, 6) is -6.54. The first kappa shape index (κ1) is 21.9. The smallest absolute Gasteiger partial charge is 0.322 e. The summed E-state index contributed by atoms with van der Waals surface area (Å²) in [5.41, 5.74) is 0.523. The van der Waals surface area contributed by atoms with Crippen molar-refractivity contribution in [2.24, 2.45) is 0 Å². The van der Waals surface area contributed by atoms with E-state index < -0.39 is 29.3 Å². The molecule has 166 valence electrons. The number of rotatable bonds is 4. The highest BCUT2D eigenvalue weighted by Gasteiger charge is 2.44. The second kappa shape index (κ2) is 7.98. The molecule has 0 bridgehead atoms. The molecule has 4 rings (SSSR count).